The Hall–Kier alpha value is -2.60. The first-order chi connectivity index (χ1) is 14.7. The monoisotopic (exact) mass is 436 g/mol. The average molecular weight is 437 g/mol. The molecule has 0 saturated heterocycles. The molecular formula is C24H21ClN2O2S. The molecule has 0 saturated carbocycles. The standard InChI is InChI=1S/C24H21ClN2O2S/c25-26-11-4-7-20-21-13-18(8-9-22(21)30-23(20)15-26)27-12-10-19(14-24(27)28)29-16-17-5-2-1-3-6-17/h1-3,5-6,8-10,12-14H,4,7,11,15-16H2. The highest BCUT2D eigenvalue weighted by molar-refractivity contribution is 7.19. The predicted molar refractivity (Wildman–Crippen MR) is 123 cm³/mol. The van der Waals surface area contributed by atoms with Crippen molar-refractivity contribution in [1.82, 2.24) is 8.99 Å². The number of thiophene rings is 1. The molecule has 0 N–H and O–H groups in total. The number of ether oxygens (including phenoxy) is 1. The van der Waals surface area contributed by atoms with Crippen molar-refractivity contribution in [1.29, 1.82) is 0 Å². The first-order valence-electron chi connectivity index (χ1n) is 10.0. The van der Waals surface area contributed by atoms with E-state index in [2.05, 4.69) is 12.1 Å². The smallest absolute Gasteiger partial charge is 0.258 e. The quantitative estimate of drug-likeness (QED) is 0.394. The summed E-state index contributed by atoms with van der Waals surface area (Å²) in [4.78, 5) is 14.1. The van der Waals surface area contributed by atoms with Crippen molar-refractivity contribution >= 4 is 33.2 Å². The molecule has 3 heterocycles. The Morgan fingerprint density at radius 1 is 1.07 bits per heavy atom. The van der Waals surface area contributed by atoms with Gasteiger partial charge in [0, 0.05) is 40.6 Å². The maximum atomic E-state index is 12.8. The van der Waals surface area contributed by atoms with Crippen LogP contribution >= 0.6 is 23.1 Å². The molecule has 6 heteroatoms. The van der Waals surface area contributed by atoms with Crippen molar-refractivity contribution in [2.24, 2.45) is 0 Å². The van der Waals surface area contributed by atoms with Gasteiger partial charge in [0.15, 0.2) is 0 Å². The molecule has 1 aliphatic heterocycles. The molecule has 0 fully saturated rings. The number of fused-ring (bicyclic) bond motifs is 3. The number of hydrogen-bond donors (Lipinski definition) is 0. The van der Waals surface area contributed by atoms with E-state index in [0.29, 0.717) is 12.4 Å². The molecule has 0 bridgehead atoms. The highest BCUT2D eigenvalue weighted by Gasteiger charge is 2.18. The largest absolute Gasteiger partial charge is 0.489 e. The molecule has 0 atom stereocenters. The third-order valence-corrected chi connectivity index (χ3v) is 6.90. The SMILES string of the molecule is O=c1cc(OCc2ccccc2)ccn1-c1ccc2sc3c(c2c1)CCCN(Cl)C3. The van der Waals surface area contributed by atoms with Gasteiger partial charge in [-0.3, -0.25) is 9.36 Å². The lowest BCUT2D eigenvalue weighted by Crippen LogP contribution is -2.16. The van der Waals surface area contributed by atoms with Crippen LogP contribution in [0.4, 0.5) is 0 Å². The zero-order valence-electron chi connectivity index (χ0n) is 16.4. The maximum absolute atomic E-state index is 12.8. The summed E-state index contributed by atoms with van der Waals surface area (Å²) in [7, 11) is 0. The van der Waals surface area contributed by atoms with E-state index in [-0.39, 0.29) is 5.56 Å². The van der Waals surface area contributed by atoms with E-state index in [1.165, 1.54) is 20.5 Å². The first-order valence-corrected chi connectivity index (χ1v) is 11.2. The summed E-state index contributed by atoms with van der Waals surface area (Å²) in [5.74, 6) is 0.577. The van der Waals surface area contributed by atoms with E-state index in [1.807, 2.05) is 46.9 Å². The first kappa shape index (κ1) is 19.4. The van der Waals surface area contributed by atoms with Crippen LogP contribution in [0.3, 0.4) is 0 Å². The van der Waals surface area contributed by atoms with Crippen LogP contribution < -0.4 is 10.3 Å². The Morgan fingerprint density at radius 2 is 1.93 bits per heavy atom. The van der Waals surface area contributed by atoms with Gasteiger partial charge in [-0.15, -0.1) is 11.3 Å². The molecule has 1 aliphatic rings. The van der Waals surface area contributed by atoms with Gasteiger partial charge in [-0.1, -0.05) is 30.3 Å². The molecule has 152 valence electrons. The van der Waals surface area contributed by atoms with Crippen LogP contribution in [-0.4, -0.2) is 15.5 Å². The second-order valence-electron chi connectivity index (χ2n) is 7.48. The second-order valence-corrected chi connectivity index (χ2v) is 9.09. The van der Waals surface area contributed by atoms with Gasteiger partial charge in [0.1, 0.15) is 12.4 Å². The number of halogens is 1. The fraction of sp³-hybridized carbons (Fsp3) is 0.208. The lowest BCUT2D eigenvalue weighted by molar-refractivity contribution is 0.305. The number of pyridine rings is 1. The zero-order chi connectivity index (χ0) is 20.5. The Labute approximate surface area is 184 Å². The molecule has 5 rings (SSSR count). The molecule has 0 amide bonds. The van der Waals surface area contributed by atoms with Crippen LogP contribution in [0.5, 0.6) is 5.75 Å². The fourth-order valence-corrected chi connectivity index (χ4v) is 5.47. The minimum absolute atomic E-state index is 0.104. The molecule has 0 radical (unpaired) electrons. The Bertz CT molecular complexity index is 1250. The van der Waals surface area contributed by atoms with E-state index >= 15 is 0 Å². The number of hydrogen-bond acceptors (Lipinski definition) is 4. The lowest BCUT2D eigenvalue weighted by atomic mass is 10.1. The van der Waals surface area contributed by atoms with E-state index in [9.17, 15) is 4.79 Å². The minimum atomic E-state index is -0.104. The van der Waals surface area contributed by atoms with Crippen molar-refractivity contribution < 1.29 is 4.74 Å². The third kappa shape index (κ3) is 3.88. The number of benzene rings is 2. The second kappa shape index (κ2) is 8.26. The van der Waals surface area contributed by atoms with Crippen molar-refractivity contribution in [2.45, 2.75) is 26.0 Å². The van der Waals surface area contributed by atoms with E-state index in [0.717, 1.165) is 37.2 Å². The van der Waals surface area contributed by atoms with Gasteiger partial charge < -0.3 is 4.74 Å². The summed E-state index contributed by atoms with van der Waals surface area (Å²) in [6, 6.07) is 19.6. The summed E-state index contributed by atoms with van der Waals surface area (Å²) < 4.78 is 10.6. The van der Waals surface area contributed by atoms with Crippen LogP contribution in [0.1, 0.15) is 22.4 Å². The van der Waals surface area contributed by atoms with Crippen LogP contribution in [0.15, 0.2) is 71.7 Å². The molecule has 4 aromatic rings. The van der Waals surface area contributed by atoms with Crippen LogP contribution in [0, 0.1) is 0 Å². The summed E-state index contributed by atoms with van der Waals surface area (Å²) in [5, 5.41) is 1.23. The minimum Gasteiger partial charge on any atom is -0.489 e. The van der Waals surface area contributed by atoms with Gasteiger partial charge in [-0.25, -0.2) is 4.42 Å². The molecule has 0 spiro atoms. The molecule has 4 nitrogen and oxygen atoms in total. The van der Waals surface area contributed by atoms with Gasteiger partial charge in [0.25, 0.3) is 5.56 Å². The van der Waals surface area contributed by atoms with Gasteiger partial charge in [0.05, 0.1) is 0 Å². The third-order valence-electron chi connectivity index (χ3n) is 5.42. The average Bonchev–Trinajstić information content (AvgIpc) is 2.98. The number of nitrogens with zero attached hydrogens (tertiary/aromatic N) is 2. The Kier molecular flexibility index (Phi) is 5.34. The highest BCUT2D eigenvalue weighted by Crippen LogP contribution is 2.36. The van der Waals surface area contributed by atoms with Crippen LogP contribution in [0.2, 0.25) is 0 Å². The van der Waals surface area contributed by atoms with Gasteiger partial charge >= 0.3 is 0 Å². The van der Waals surface area contributed by atoms with Crippen LogP contribution in [-0.2, 0) is 19.6 Å². The van der Waals surface area contributed by atoms with Crippen molar-refractivity contribution in [3.63, 3.8) is 0 Å². The van der Waals surface area contributed by atoms with E-state index in [1.54, 1.807) is 28.2 Å². The van der Waals surface area contributed by atoms with Crippen molar-refractivity contribution in [3.8, 4) is 11.4 Å². The molecule has 30 heavy (non-hydrogen) atoms. The summed E-state index contributed by atoms with van der Waals surface area (Å²) >= 11 is 8.08. The highest BCUT2D eigenvalue weighted by atomic mass is 35.5. The van der Waals surface area contributed by atoms with Gasteiger partial charge in [-0.2, -0.15) is 0 Å². The lowest BCUT2D eigenvalue weighted by Gasteiger charge is -2.10. The predicted octanol–water partition coefficient (Wildman–Crippen LogP) is 5.53. The summed E-state index contributed by atoms with van der Waals surface area (Å²) in [5.41, 5.74) is 3.21. The maximum Gasteiger partial charge on any atom is 0.258 e. The Morgan fingerprint density at radius 3 is 2.77 bits per heavy atom. The zero-order valence-corrected chi connectivity index (χ0v) is 18.0. The van der Waals surface area contributed by atoms with E-state index in [4.69, 9.17) is 16.5 Å². The molecule has 0 aliphatic carbocycles. The summed E-state index contributed by atoms with van der Waals surface area (Å²) in [6.07, 6.45) is 3.85. The molecule has 2 aromatic carbocycles. The van der Waals surface area contributed by atoms with Crippen molar-refractivity contribution in [3.05, 3.63) is 93.2 Å². The van der Waals surface area contributed by atoms with Crippen molar-refractivity contribution in [2.75, 3.05) is 6.54 Å². The van der Waals surface area contributed by atoms with E-state index < -0.39 is 0 Å². The molecule has 2 aromatic heterocycles. The number of aryl methyl sites for hydroxylation is 1. The van der Waals surface area contributed by atoms with Crippen LogP contribution in [0.25, 0.3) is 15.8 Å². The van der Waals surface area contributed by atoms with Gasteiger partial charge in [-0.05, 0) is 65.4 Å². The Balaban J connectivity index is 1.43. The normalized spacial score (nSPS) is 14.4. The fourth-order valence-electron chi connectivity index (χ4n) is 3.91. The molecule has 0 unspecified atom stereocenters. The summed E-state index contributed by atoms with van der Waals surface area (Å²) in [6.45, 7) is 2.11. The topological polar surface area (TPSA) is 34.5 Å². The number of aromatic nitrogens is 1. The van der Waals surface area contributed by atoms with Gasteiger partial charge in [0.2, 0.25) is 0 Å². The molecular weight excluding hydrogens is 416 g/mol. The number of rotatable bonds is 4.